The van der Waals surface area contributed by atoms with Gasteiger partial charge >= 0.3 is 0 Å². The second-order valence-corrected chi connectivity index (χ2v) is 2.05. The van der Waals surface area contributed by atoms with Crippen molar-refractivity contribution in [2.45, 2.75) is 25.9 Å². The van der Waals surface area contributed by atoms with Gasteiger partial charge < -0.3 is 9.84 Å². The van der Waals surface area contributed by atoms with E-state index < -0.39 is 6.10 Å². The second-order valence-electron chi connectivity index (χ2n) is 2.05. The average Bonchev–Trinajstić information content (AvgIpc) is 1.89. The Bertz CT molecular complexity index is 104. The van der Waals surface area contributed by atoms with E-state index in [2.05, 4.69) is 5.92 Å². The molecule has 2 heteroatoms. The lowest BCUT2D eigenvalue weighted by molar-refractivity contribution is 0.0909. The molecule has 0 aromatic carbocycles. The largest absolute Gasteiger partial charge is 0.392 e. The van der Waals surface area contributed by atoms with Crippen molar-refractivity contribution < 1.29 is 9.84 Å². The number of hydrogen-bond donors (Lipinski definition) is 1. The highest BCUT2D eigenvalue weighted by atomic mass is 16.5. The quantitative estimate of drug-likeness (QED) is 0.454. The minimum absolute atomic E-state index is 0.392. The van der Waals surface area contributed by atoms with E-state index in [4.69, 9.17) is 16.3 Å². The maximum Gasteiger partial charge on any atom is 0.0671 e. The summed E-state index contributed by atoms with van der Waals surface area (Å²) in [6, 6.07) is 0. The topological polar surface area (TPSA) is 29.5 Å². The van der Waals surface area contributed by atoms with Crippen molar-refractivity contribution in [2.24, 2.45) is 0 Å². The first kappa shape index (κ1) is 9.48. The molecule has 0 rings (SSSR count). The highest BCUT2D eigenvalue weighted by Gasteiger charge is 1.99. The molecule has 0 aliphatic carbocycles. The van der Waals surface area contributed by atoms with Crippen LogP contribution in [-0.2, 0) is 4.74 Å². The molecule has 0 amide bonds. The van der Waals surface area contributed by atoms with E-state index in [0.29, 0.717) is 26.1 Å². The zero-order chi connectivity index (χ0) is 7.82. The van der Waals surface area contributed by atoms with Crippen LogP contribution in [0.1, 0.15) is 19.8 Å². The molecule has 1 unspecified atom stereocenters. The fourth-order valence-electron chi connectivity index (χ4n) is 0.602. The predicted molar refractivity (Wildman–Crippen MR) is 40.6 cm³/mol. The monoisotopic (exact) mass is 142 g/mol. The van der Waals surface area contributed by atoms with E-state index in [-0.39, 0.29) is 0 Å². The molecule has 1 atom stereocenters. The van der Waals surface area contributed by atoms with Gasteiger partial charge in [-0.1, -0.05) is 0 Å². The Labute approximate surface area is 62.2 Å². The molecule has 1 N–H and O–H groups in total. The van der Waals surface area contributed by atoms with Gasteiger partial charge in [0.25, 0.3) is 0 Å². The van der Waals surface area contributed by atoms with Gasteiger partial charge in [0.2, 0.25) is 0 Å². The van der Waals surface area contributed by atoms with Crippen LogP contribution in [0.5, 0.6) is 0 Å². The third-order valence-corrected chi connectivity index (χ3v) is 1.15. The highest BCUT2D eigenvalue weighted by Crippen LogP contribution is 1.95. The summed E-state index contributed by atoms with van der Waals surface area (Å²) in [6.45, 7) is 3.22. The Balaban J connectivity index is 3.06. The minimum Gasteiger partial charge on any atom is -0.392 e. The molecule has 10 heavy (non-hydrogen) atoms. The van der Waals surface area contributed by atoms with E-state index in [1.165, 1.54) is 0 Å². The Hall–Kier alpha value is -0.520. The van der Waals surface area contributed by atoms with Crippen LogP contribution in [0.25, 0.3) is 0 Å². The van der Waals surface area contributed by atoms with Crippen LogP contribution in [0.3, 0.4) is 0 Å². The Kier molecular flexibility index (Phi) is 6.25. The summed E-state index contributed by atoms with van der Waals surface area (Å²) < 4.78 is 5.02. The summed E-state index contributed by atoms with van der Waals surface area (Å²) >= 11 is 0. The molecule has 0 aromatic rings. The maximum absolute atomic E-state index is 9.05. The summed E-state index contributed by atoms with van der Waals surface area (Å²) in [4.78, 5) is 0. The first-order valence-corrected chi connectivity index (χ1v) is 3.50. The fraction of sp³-hybridized carbons (Fsp3) is 0.750. The first-order valence-electron chi connectivity index (χ1n) is 3.50. The number of ether oxygens (including phenoxy) is 1. The van der Waals surface area contributed by atoms with E-state index in [1.807, 2.05) is 6.92 Å². The maximum atomic E-state index is 9.05. The lowest BCUT2D eigenvalue weighted by Crippen LogP contribution is -2.09. The third-order valence-electron chi connectivity index (χ3n) is 1.15. The molecule has 0 saturated heterocycles. The predicted octanol–water partition coefficient (Wildman–Crippen LogP) is 0.797. The van der Waals surface area contributed by atoms with Gasteiger partial charge in [0, 0.05) is 19.6 Å². The van der Waals surface area contributed by atoms with Gasteiger partial charge in [-0.2, -0.15) is 0 Å². The van der Waals surface area contributed by atoms with Crippen LogP contribution in [-0.4, -0.2) is 24.4 Å². The van der Waals surface area contributed by atoms with Crippen LogP contribution >= 0.6 is 0 Å². The molecule has 0 aliphatic heterocycles. The van der Waals surface area contributed by atoms with Crippen molar-refractivity contribution in [3.8, 4) is 12.3 Å². The summed E-state index contributed by atoms with van der Waals surface area (Å²) in [5.74, 6) is 2.39. The summed E-state index contributed by atoms with van der Waals surface area (Å²) in [7, 11) is 0. The van der Waals surface area contributed by atoms with Crippen molar-refractivity contribution >= 4 is 0 Å². The summed E-state index contributed by atoms with van der Waals surface area (Å²) in [5, 5.41) is 9.05. The Morgan fingerprint density at radius 2 is 2.40 bits per heavy atom. The van der Waals surface area contributed by atoms with Crippen molar-refractivity contribution in [2.75, 3.05) is 13.2 Å². The molecule has 0 aromatic heterocycles. The first-order chi connectivity index (χ1) is 4.81. The second kappa shape index (κ2) is 6.60. The van der Waals surface area contributed by atoms with Crippen molar-refractivity contribution in [3.05, 3.63) is 0 Å². The van der Waals surface area contributed by atoms with Gasteiger partial charge in [-0.3, -0.25) is 0 Å². The normalized spacial score (nSPS) is 12.5. The molecular formula is C8H14O2. The number of terminal acetylenes is 1. The SMILES string of the molecule is C#CCC(O)CCOCC. The van der Waals surface area contributed by atoms with Crippen LogP contribution in [0, 0.1) is 12.3 Å². The molecule has 0 saturated carbocycles. The smallest absolute Gasteiger partial charge is 0.0671 e. The van der Waals surface area contributed by atoms with Crippen molar-refractivity contribution in [1.82, 2.24) is 0 Å². The lowest BCUT2D eigenvalue weighted by Gasteiger charge is -2.05. The lowest BCUT2D eigenvalue weighted by atomic mass is 10.2. The zero-order valence-electron chi connectivity index (χ0n) is 6.34. The molecule has 0 aliphatic rings. The van der Waals surface area contributed by atoms with Crippen LogP contribution < -0.4 is 0 Å². The molecule has 2 nitrogen and oxygen atoms in total. The number of aliphatic hydroxyl groups excluding tert-OH is 1. The number of rotatable bonds is 5. The van der Waals surface area contributed by atoms with Crippen LogP contribution in [0.4, 0.5) is 0 Å². The number of hydrogen-bond acceptors (Lipinski definition) is 2. The average molecular weight is 142 g/mol. The van der Waals surface area contributed by atoms with Crippen LogP contribution in [0.15, 0.2) is 0 Å². The molecule has 0 radical (unpaired) electrons. The summed E-state index contributed by atoms with van der Waals surface area (Å²) in [5.41, 5.74) is 0. The third kappa shape index (κ3) is 5.61. The van der Waals surface area contributed by atoms with Gasteiger partial charge in [-0.25, -0.2) is 0 Å². The van der Waals surface area contributed by atoms with Crippen molar-refractivity contribution in [3.63, 3.8) is 0 Å². The standard InChI is InChI=1S/C8H14O2/c1-3-5-8(9)6-7-10-4-2/h1,8-9H,4-7H2,2H3. The van der Waals surface area contributed by atoms with E-state index in [0.717, 1.165) is 0 Å². The van der Waals surface area contributed by atoms with E-state index in [9.17, 15) is 0 Å². The Morgan fingerprint density at radius 1 is 1.70 bits per heavy atom. The molecule has 58 valence electrons. The van der Waals surface area contributed by atoms with Gasteiger partial charge in [0.15, 0.2) is 0 Å². The molecule has 0 fully saturated rings. The molecular weight excluding hydrogens is 128 g/mol. The fourth-order valence-corrected chi connectivity index (χ4v) is 0.602. The molecule has 0 spiro atoms. The van der Waals surface area contributed by atoms with Gasteiger partial charge in [0.1, 0.15) is 0 Å². The van der Waals surface area contributed by atoms with Crippen molar-refractivity contribution in [1.29, 1.82) is 0 Å². The van der Waals surface area contributed by atoms with Gasteiger partial charge in [-0.05, 0) is 13.3 Å². The highest BCUT2D eigenvalue weighted by molar-refractivity contribution is 4.86. The molecule has 0 bridgehead atoms. The minimum atomic E-state index is -0.392. The van der Waals surface area contributed by atoms with Crippen LogP contribution in [0.2, 0.25) is 0 Å². The van der Waals surface area contributed by atoms with E-state index in [1.54, 1.807) is 0 Å². The van der Waals surface area contributed by atoms with E-state index >= 15 is 0 Å². The zero-order valence-corrected chi connectivity index (χ0v) is 6.34. The number of aliphatic hydroxyl groups is 1. The van der Waals surface area contributed by atoms with Gasteiger partial charge in [0.05, 0.1) is 6.10 Å². The Morgan fingerprint density at radius 3 is 2.90 bits per heavy atom. The summed E-state index contributed by atoms with van der Waals surface area (Å²) in [6.07, 6.45) is 5.65. The van der Waals surface area contributed by atoms with Gasteiger partial charge in [-0.15, -0.1) is 12.3 Å². The molecule has 0 heterocycles.